The summed E-state index contributed by atoms with van der Waals surface area (Å²) in [4.78, 5) is 14.3. The molecule has 6 nitrogen and oxygen atoms in total. The molecule has 98 valence electrons. The van der Waals surface area contributed by atoms with E-state index < -0.39 is 4.92 Å². The molecule has 0 amide bonds. The Kier molecular flexibility index (Phi) is 4.01. The fraction of sp³-hybridized carbons (Fsp3) is 0. The Morgan fingerprint density at radius 1 is 1.37 bits per heavy atom. The van der Waals surface area contributed by atoms with Crippen LogP contribution in [0.25, 0.3) is 0 Å². The molecule has 8 heteroatoms. The third kappa shape index (κ3) is 3.02. The number of nitrogen functional groups attached to an aromatic ring is 1. The number of anilines is 1. The van der Waals surface area contributed by atoms with Crippen LogP contribution in [0.5, 0.6) is 11.6 Å². The summed E-state index contributed by atoms with van der Waals surface area (Å²) < 4.78 is 6.34. The van der Waals surface area contributed by atoms with Gasteiger partial charge < -0.3 is 10.5 Å². The van der Waals surface area contributed by atoms with E-state index in [2.05, 4.69) is 36.8 Å². The highest BCUT2D eigenvalue weighted by molar-refractivity contribution is 9.11. The van der Waals surface area contributed by atoms with E-state index >= 15 is 0 Å². The Morgan fingerprint density at radius 2 is 2.11 bits per heavy atom. The summed E-state index contributed by atoms with van der Waals surface area (Å²) in [6, 6.07) is 6.14. The van der Waals surface area contributed by atoms with Gasteiger partial charge >= 0.3 is 0 Å². The number of pyridine rings is 1. The highest BCUT2D eigenvalue weighted by Crippen LogP contribution is 2.37. The normalized spacial score (nSPS) is 10.2. The minimum Gasteiger partial charge on any atom is -0.436 e. The molecule has 0 aliphatic carbocycles. The summed E-state index contributed by atoms with van der Waals surface area (Å²) >= 11 is 6.40. The van der Waals surface area contributed by atoms with Gasteiger partial charge in [-0.3, -0.25) is 10.1 Å². The molecule has 0 saturated heterocycles. The zero-order valence-corrected chi connectivity index (χ0v) is 12.5. The molecule has 0 bridgehead atoms. The zero-order chi connectivity index (χ0) is 14.0. The van der Waals surface area contributed by atoms with E-state index in [9.17, 15) is 10.1 Å². The van der Waals surface area contributed by atoms with Gasteiger partial charge in [-0.25, -0.2) is 4.98 Å². The SMILES string of the molecule is Nc1cnc(Oc2cccc([N+](=O)[O-])c2Br)c(Br)c1. The first-order valence-corrected chi connectivity index (χ1v) is 6.59. The van der Waals surface area contributed by atoms with Gasteiger partial charge in [-0.15, -0.1) is 0 Å². The predicted octanol–water partition coefficient (Wildman–Crippen LogP) is 3.89. The molecule has 19 heavy (non-hydrogen) atoms. The Bertz CT molecular complexity index is 649. The van der Waals surface area contributed by atoms with E-state index in [0.29, 0.717) is 15.9 Å². The van der Waals surface area contributed by atoms with Crippen molar-refractivity contribution in [3.05, 3.63) is 49.5 Å². The van der Waals surface area contributed by atoms with Crippen molar-refractivity contribution >= 4 is 43.2 Å². The summed E-state index contributed by atoms with van der Waals surface area (Å²) in [5.74, 6) is 0.572. The number of hydrogen-bond acceptors (Lipinski definition) is 5. The highest BCUT2D eigenvalue weighted by atomic mass is 79.9. The molecular formula is C11H7Br2N3O3. The van der Waals surface area contributed by atoms with Gasteiger partial charge in [-0.1, -0.05) is 6.07 Å². The largest absolute Gasteiger partial charge is 0.436 e. The molecular weight excluding hydrogens is 382 g/mol. The molecule has 2 aromatic rings. The van der Waals surface area contributed by atoms with Gasteiger partial charge in [0, 0.05) is 6.07 Å². The number of aromatic nitrogens is 1. The third-order valence-electron chi connectivity index (χ3n) is 2.17. The molecule has 0 atom stereocenters. The molecule has 0 saturated carbocycles. The van der Waals surface area contributed by atoms with E-state index in [4.69, 9.17) is 10.5 Å². The molecule has 0 aliphatic rings. The first-order valence-electron chi connectivity index (χ1n) is 5.01. The minimum absolute atomic E-state index is 0.0796. The van der Waals surface area contributed by atoms with Crippen LogP contribution in [0.15, 0.2) is 39.4 Å². The number of hydrogen-bond donors (Lipinski definition) is 1. The van der Waals surface area contributed by atoms with Crippen LogP contribution < -0.4 is 10.5 Å². The Hall–Kier alpha value is -1.67. The summed E-state index contributed by atoms with van der Waals surface area (Å²) in [5.41, 5.74) is 5.97. The number of halogens is 2. The molecule has 0 aliphatic heterocycles. The first kappa shape index (κ1) is 13.8. The lowest BCUT2D eigenvalue weighted by molar-refractivity contribution is -0.385. The van der Waals surface area contributed by atoms with Crippen LogP contribution in [0.3, 0.4) is 0 Å². The smallest absolute Gasteiger partial charge is 0.287 e. The third-order valence-corrected chi connectivity index (χ3v) is 3.54. The number of nitro groups is 1. The molecule has 0 fully saturated rings. The Balaban J connectivity index is 2.38. The molecule has 1 aromatic heterocycles. The number of nitro benzene ring substituents is 1. The van der Waals surface area contributed by atoms with Gasteiger partial charge in [-0.2, -0.15) is 0 Å². The van der Waals surface area contributed by atoms with E-state index in [1.54, 1.807) is 12.1 Å². The average molecular weight is 389 g/mol. The van der Waals surface area contributed by atoms with Gasteiger partial charge in [0.2, 0.25) is 5.88 Å². The zero-order valence-electron chi connectivity index (χ0n) is 9.34. The lowest BCUT2D eigenvalue weighted by atomic mass is 10.3. The Labute approximate surface area is 125 Å². The minimum atomic E-state index is -0.498. The van der Waals surface area contributed by atoms with Crippen LogP contribution in [0, 0.1) is 10.1 Å². The molecule has 2 N–H and O–H groups in total. The van der Waals surface area contributed by atoms with Crippen LogP contribution >= 0.6 is 31.9 Å². The van der Waals surface area contributed by atoms with Gasteiger partial charge in [0.25, 0.3) is 5.69 Å². The second kappa shape index (κ2) is 5.54. The van der Waals surface area contributed by atoms with Crippen molar-refractivity contribution in [2.45, 2.75) is 0 Å². The van der Waals surface area contributed by atoms with E-state index in [1.165, 1.54) is 18.3 Å². The molecule has 1 aromatic carbocycles. The highest BCUT2D eigenvalue weighted by Gasteiger charge is 2.17. The fourth-order valence-electron chi connectivity index (χ4n) is 1.34. The van der Waals surface area contributed by atoms with Crippen molar-refractivity contribution in [2.24, 2.45) is 0 Å². The standard InChI is InChI=1S/C11H7Br2N3O3/c12-7-4-6(14)5-15-11(7)19-9-3-1-2-8(10(9)13)16(17)18/h1-5H,14H2. The summed E-state index contributed by atoms with van der Waals surface area (Å²) in [7, 11) is 0. The van der Waals surface area contributed by atoms with E-state index in [1.807, 2.05) is 0 Å². The number of rotatable bonds is 3. The predicted molar refractivity (Wildman–Crippen MR) is 77.2 cm³/mol. The van der Waals surface area contributed by atoms with Crippen molar-refractivity contribution in [1.29, 1.82) is 0 Å². The number of nitrogens with two attached hydrogens (primary N) is 1. The van der Waals surface area contributed by atoms with Crippen molar-refractivity contribution in [2.75, 3.05) is 5.73 Å². The molecule has 2 rings (SSSR count). The van der Waals surface area contributed by atoms with Crippen molar-refractivity contribution in [3.63, 3.8) is 0 Å². The maximum atomic E-state index is 10.8. The molecule has 0 radical (unpaired) electrons. The van der Waals surface area contributed by atoms with Crippen LogP contribution in [-0.2, 0) is 0 Å². The maximum Gasteiger partial charge on any atom is 0.287 e. The molecule has 1 heterocycles. The van der Waals surface area contributed by atoms with Crippen molar-refractivity contribution in [1.82, 2.24) is 4.98 Å². The van der Waals surface area contributed by atoms with Crippen molar-refractivity contribution in [3.8, 4) is 11.6 Å². The lowest BCUT2D eigenvalue weighted by Crippen LogP contribution is -1.95. The Morgan fingerprint density at radius 3 is 2.74 bits per heavy atom. The topological polar surface area (TPSA) is 91.3 Å². The average Bonchev–Trinajstić information content (AvgIpc) is 2.34. The maximum absolute atomic E-state index is 10.8. The van der Waals surface area contributed by atoms with Gasteiger partial charge in [-0.05, 0) is 44.0 Å². The van der Waals surface area contributed by atoms with E-state index in [-0.39, 0.29) is 16.0 Å². The monoisotopic (exact) mass is 387 g/mol. The number of nitrogens with zero attached hydrogens (tertiary/aromatic N) is 2. The summed E-state index contributed by atoms with van der Waals surface area (Å²) in [6.07, 6.45) is 1.44. The summed E-state index contributed by atoms with van der Waals surface area (Å²) in [6.45, 7) is 0. The quantitative estimate of drug-likeness (QED) is 0.636. The number of benzene rings is 1. The fourth-order valence-corrected chi connectivity index (χ4v) is 2.28. The second-order valence-corrected chi connectivity index (χ2v) is 5.15. The second-order valence-electron chi connectivity index (χ2n) is 3.50. The molecule has 0 spiro atoms. The van der Waals surface area contributed by atoms with Crippen LogP contribution in [0.4, 0.5) is 11.4 Å². The number of ether oxygens (including phenoxy) is 1. The van der Waals surface area contributed by atoms with Crippen LogP contribution in [0.2, 0.25) is 0 Å². The summed E-state index contributed by atoms with van der Waals surface area (Å²) in [5, 5.41) is 10.8. The van der Waals surface area contributed by atoms with Crippen LogP contribution in [-0.4, -0.2) is 9.91 Å². The van der Waals surface area contributed by atoms with Crippen molar-refractivity contribution < 1.29 is 9.66 Å². The van der Waals surface area contributed by atoms with Crippen LogP contribution in [0.1, 0.15) is 0 Å². The van der Waals surface area contributed by atoms with Gasteiger partial charge in [0.05, 0.1) is 21.3 Å². The van der Waals surface area contributed by atoms with Gasteiger partial charge in [0.1, 0.15) is 4.47 Å². The van der Waals surface area contributed by atoms with Gasteiger partial charge in [0.15, 0.2) is 5.75 Å². The first-order chi connectivity index (χ1) is 8.99. The lowest BCUT2D eigenvalue weighted by Gasteiger charge is -2.08. The molecule has 0 unspecified atom stereocenters. The van der Waals surface area contributed by atoms with E-state index in [0.717, 1.165) is 0 Å².